The van der Waals surface area contributed by atoms with Crippen molar-refractivity contribution in [1.29, 1.82) is 0 Å². The number of esters is 1. The van der Waals surface area contributed by atoms with Crippen molar-refractivity contribution in [3.05, 3.63) is 29.8 Å². The van der Waals surface area contributed by atoms with Gasteiger partial charge in [0.2, 0.25) is 0 Å². The van der Waals surface area contributed by atoms with Crippen LogP contribution in [0.4, 0.5) is 13.2 Å². The van der Waals surface area contributed by atoms with E-state index in [4.69, 9.17) is 4.74 Å². The lowest BCUT2D eigenvalue weighted by atomic mass is 10.2. The SMILES string of the molecule is COC(=O)[C@@H](C)Oc1ccc(C(F)(F)F)cc1. The first-order valence-electron chi connectivity index (χ1n) is 4.76. The van der Waals surface area contributed by atoms with E-state index >= 15 is 0 Å². The zero-order valence-corrected chi connectivity index (χ0v) is 9.25. The van der Waals surface area contributed by atoms with Crippen LogP contribution in [0.2, 0.25) is 0 Å². The highest BCUT2D eigenvalue weighted by Crippen LogP contribution is 2.30. The summed E-state index contributed by atoms with van der Waals surface area (Å²) in [6, 6.07) is 4.09. The average molecular weight is 248 g/mol. The molecule has 0 heterocycles. The zero-order valence-electron chi connectivity index (χ0n) is 9.25. The molecule has 94 valence electrons. The monoisotopic (exact) mass is 248 g/mol. The lowest BCUT2D eigenvalue weighted by Crippen LogP contribution is -2.24. The van der Waals surface area contributed by atoms with Gasteiger partial charge in [0.15, 0.2) is 6.10 Å². The predicted molar refractivity (Wildman–Crippen MR) is 53.6 cm³/mol. The van der Waals surface area contributed by atoms with Gasteiger partial charge in [0, 0.05) is 0 Å². The number of hydrogen-bond acceptors (Lipinski definition) is 3. The number of methoxy groups -OCH3 is 1. The molecular formula is C11H11F3O3. The molecule has 3 nitrogen and oxygen atoms in total. The predicted octanol–water partition coefficient (Wildman–Crippen LogP) is 2.65. The summed E-state index contributed by atoms with van der Waals surface area (Å²) >= 11 is 0. The number of carbonyl (C=O) groups excluding carboxylic acids is 1. The highest BCUT2D eigenvalue weighted by Gasteiger charge is 2.30. The van der Waals surface area contributed by atoms with Gasteiger partial charge in [-0.05, 0) is 31.2 Å². The van der Waals surface area contributed by atoms with Gasteiger partial charge in [-0.3, -0.25) is 0 Å². The van der Waals surface area contributed by atoms with Gasteiger partial charge in [-0.1, -0.05) is 0 Å². The second-order valence-electron chi connectivity index (χ2n) is 3.31. The molecule has 0 unspecified atom stereocenters. The molecule has 0 spiro atoms. The molecule has 0 saturated carbocycles. The summed E-state index contributed by atoms with van der Waals surface area (Å²) in [6.07, 6.45) is -5.25. The minimum absolute atomic E-state index is 0.177. The molecule has 0 aliphatic carbocycles. The minimum atomic E-state index is -4.38. The molecule has 0 fully saturated rings. The Morgan fingerprint density at radius 1 is 1.24 bits per heavy atom. The summed E-state index contributed by atoms with van der Waals surface area (Å²) in [4.78, 5) is 11.0. The Labute approximate surface area is 96.1 Å². The zero-order chi connectivity index (χ0) is 13.1. The molecule has 17 heavy (non-hydrogen) atoms. The summed E-state index contributed by atoms with van der Waals surface area (Å²) in [7, 11) is 1.20. The molecule has 1 atom stereocenters. The van der Waals surface area contributed by atoms with Crippen LogP contribution in [0.15, 0.2) is 24.3 Å². The number of benzene rings is 1. The lowest BCUT2D eigenvalue weighted by molar-refractivity contribution is -0.148. The highest BCUT2D eigenvalue weighted by atomic mass is 19.4. The summed E-state index contributed by atoms with van der Waals surface area (Å²) in [6.45, 7) is 1.45. The third-order valence-electron chi connectivity index (χ3n) is 2.03. The molecule has 0 aromatic heterocycles. The van der Waals surface area contributed by atoms with Crippen molar-refractivity contribution in [3.8, 4) is 5.75 Å². The van der Waals surface area contributed by atoms with Crippen LogP contribution in [0.5, 0.6) is 5.75 Å². The molecule has 0 N–H and O–H groups in total. The maximum atomic E-state index is 12.2. The van der Waals surface area contributed by atoms with Gasteiger partial charge in [-0.15, -0.1) is 0 Å². The van der Waals surface area contributed by atoms with Crippen molar-refractivity contribution in [2.24, 2.45) is 0 Å². The third-order valence-corrected chi connectivity index (χ3v) is 2.03. The molecule has 0 bridgehead atoms. The molecule has 1 aromatic rings. The van der Waals surface area contributed by atoms with E-state index in [1.54, 1.807) is 0 Å². The highest BCUT2D eigenvalue weighted by molar-refractivity contribution is 5.74. The number of ether oxygens (including phenoxy) is 2. The third kappa shape index (κ3) is 3.65. The van der Waals surface area contributed by atoms with E-state index in [9.17, 15) is 18.0 Å². The van der Waals surface area contributed by atoms with Gasteiger partial charge in [0.25, 0.3) is 0 Å². The summed E-state index contributed by atoms with van der Waals surface area (Å²) in [5.41, 5.74) is -0.768. The quantitative estimate of drug-likeness (QED) is 0.771. The average Bonchev–Trinajstić information content (AvgIpc) is 2.27. The number of alkyl halides is 3. The first-order chi connectivity index (χ1) is 7.84. The molecular weight excluding hydrogens is 237 g/mol. The maximum absolute atomic E-state index is 12.2. The molecule has 1 rings (SSSR count). The summed E-state index contributed by atoms with van der Waals surface area (Å²) < 4.78 is 46.3. The van der Waals surface area contributed by atoms with Crippen LogP contribution in [0.3, 0.4) is 0 Å². The van der Waals surface area contributed by atoms with Crippen LogP contribution in [0.25, 0.3) is 0 Å². The van der Waals surface area contributed by atoms with Crippen LogP contribution >= 0.6 is 0 Å². The van der Waals surface area contributed by atoms with E-state index < -0.39 is 23.8 Å². The second-order valence-corrected chi connectivity index (χ2v) is 3.31. The van der Waals surface area contributed by atoms with Crippen LogP contribution < -0.4 is 4.74 Å². The number of rotatable bonds is 3. The molecule has 0 amide bonds. The molecule has 0 aliphatic rings. The van der Waals surface area contributed by atoms with Gasteiger partial charge in [-0.25, -0.2) is 4.79 Å². The van der Waals surface area contributed by atoms with Crippen LogP contribution in [0, 0.1) is 0 Å². The second kappa shape index (κ2) is 5.07. The first kappa shape index (κ1) is 13.3. The Balaban J connectivity index is 2.72. The van der Waals surface area contributed by atoms with E-state index in [-0.39, 0.29) is 5.75 Å². The molecule has 0 radical (unpaired) electrons. The Hall–Kier alpha value is -1.72. The van der Waals surface area contributed by atoms with Gasteiger partial charge < -0.3 is 9.47 Å². The molecule has 0 saturated heterocycles. The normalized spacial score (nSPS) is 13.0. The standard InChI is InChI=1S/C11H11F3O3/c1-7(10(15)16-2)17-9-5-3-8(4-6-9)11(12,13)14/h3-7H,1-2H3/t7-/m1/s1. The lowest BCUT2D eigenvalue weighted by Gasteiger charge is -2.13. The fourth-order valence-electron chi connectivity index (χ4n) is 1.14. The minimum Gasteiger partial charge on any atom is -0.479 e. The van der Waals surface area contributed by atoms with E-state index in [0.29, 0.717) is 0 Å². The van der Waals surface area contributed by atoms with E-state index in [1.807, 2.05) is 0 Å². The maximum Gasteiger partial charge on any atom is 0.416 e. The van der Waals surface area contributed by atoms with Gasteiger partial charge in [0.05, 0.1) is 12.7 Å². The Kier molecular flexibility index (Phi) is 3.98. The smallest absolute Gasteiger partial charge is 0.416 e. The van der Waals surface area contributed by atoms with E-state index in [0.717, 1.165) is 24.3 Å². The van der Waals surface area contributed by atoms with Crippen molar-refractivity contribution < 1.29 is 27.4 Å². The number of halogens is 3. The number of hydrogen-bond donors (Lipinski definition) is 0. The Bertz CT molecular complexity index is 384. The number of carbonyl (C=O) groups is 1. The van der Waals surface area contributed by atoms with Crippen molar-refractivity contribution in [2.75, 3.05) is 7.11 Å². The van der Waals surface area contributed by atoms with E-state index in [1.165, 1.54) is 14.0 Å². The van der Waals surface area contributed by atoms with Gasteiger partial charge in [0.1, 0.15) is 5.75 Å². The van der Waals surface area contributed by atoms with Crippen molar-refractivity contribution >= 4 is 5.97 Å². The van der Waals surface area contributed by atoms with Crippen molar-refractivity contribution in [1.82, 2.24) is 0 Å². The fraction of sp³-hybridized carbons (Fsp3) is 0.364. The van der Waals surface area contributed by atoms with Gasteiger partial charge >= 0.3 is 12.1 Å². The largest absolute Gasteiger partial charge is 0.479 e. The van der Waals surface area contributed by atoms with Crippen LogP contribution in [0.1, 0.15) is 12.5 Å². The van der Waals surface area contributed by atoms with Crippen molar-refractivity contribution in [3.63, 3.8) is 0 Å². The Morgan fingerprint density at radius 2 is 1.76 bits per heavy atom. The Morgan fingerprint density at radius 3 is 2.18 bits per heavy atom. The molecule has 1 aromatic carbocycles. The van der Waals surface area contributed by atoms with E-state index in [2.05, 4.69) is 4.74 Å². The first-order valence-corrected chi connectivity index (χ1v) is 4.76. The van der Waals surface area contributed by atoms with Gasteiger partial charge in [-0.2, -0.15) is 13.2 Å². The summed E-state index contributed by atoms with van der Waals surface area (Å²) in [5.74, 6) is -0.416. The summed E-state index contributed by atoms with van der Waals surface area (Å²) in [5, 5.41) is 0. The van der Waals surface area contributed by atoms with Crippen LogP contribution in [-0.2, 0) is 15.7 Å². The fourth-order valence-corrected chi connectivity index (χ4v) is 1.14. The molecule has 0 aliphatic heterocycles. The van der Waals surface area contributed by atoms with Crippen LogP contribution in [-0.4, -0.2) is 19.2 Å². The van der Waals surface area contributed by atoms with Crippen molar-refractivity contribution in [2.45, 2.75) is 19.2 Å². The molecule has 6 heteroatoms. The topological polar surface area (TPSA) is 35.5 Å².